The average Bonchev–Trinajstić information content (AvgIpc) is 2.69. The van der Waals surface area contributed by atoms with Gasteiger partial charge in [0, 0.05) is 32.1 Å². The van der Waals surface area contributed by atoms with Gasteiger partial charge in [-0.05, 0) is 50.2 Å². The molecule has 2 atom stereocenters. The van der Waals surface area contributed by atoms with E-state index in [1.165, 1.54) is 5.56 Å². The third kappa shape index (κ3) is 4.89. The maximum atomic E-state index is 11.7. The Morgan fingerprint density at radius 1 is 1.15 bits per heavy atom. The van der Waals surface area contributed by atoms with E-state index in [1.54, 1.807) is 7.11 Å². The van der Waals surface area contributed by atoms with Crippen LogP contribution in [-0.2, 0) is 12.0 Å². The molecule has 3 rings (SSSR count). The number of hydrogen-bond acceptors (Lipinski definition) is 4. The summed E-state index contributed by atoms with van der Waals surface area (Å²) < 4.78 is 5.38. The van der Waals surface area contributed by atoms with Crippen LogP contribution in [0.3, 0.4) is 0 Å². The molecule has 1 aliphatic rings. The molecule has 1 aliphatic heterocycles. The van der Waals surface area contributed by atoms with Crippen LogP contribution in [0.25, 0.3) is 0 Å². The van der Waals surface area contributed by atoms with Gasteiger partial charge in [0.2, 0.25) is 0 Å². The summed E-state index contributed by atoms with van der Waals surface area (Å²) in [5, 5.41) is 11.7. The molecule has 4 nitrogen and oxygen atoms in total. The SMILES string of the molecule is COc1cccc(C2(O)CCN(CCc3ccccc3)CC2CN(C)C)c1. The third-order valence-electron chi connectivity index (χ3n) is 5.68. The molecule has 0 aromatic heterocycles. The van der Waals surface area contributed by atoms with E-state index in [2.05, 4.69) is 54.2 Å². The first-order valence-electron chi connectivity index (χ1n) is 9.79. The number of methoxy groups -OCH3 is 1. The first-order chi connectivity index (χ1) is 13.0. The van der Waals surface area contributed by atoms with Gasteiger partial charge in [0.1, 0.15) is 5.75 Å². The highest BCUT2D eigenvalue weighted by molar-refractivity contribution is 5.33. The van der Waals surface area contributed by atoms with Crippen molar-refractivity contribution in [2.75, 3.05) is 47.4 Å². The summed E-state index contributed by atoms with van der Waals surface area (Å²) in [4.78, 5) is 4.67. The van der Waals surface area contributed by atoms with Gasteiger partial charge in [0.05, 0.1) is 12.7 Å². The van der Waals surface area contributed by atoms with E-state index >= 15 is 0 Å². The standard InChI is InChI=1S/C23H32N2O2/c1-24(2)17-21-18-25(14-12-19-8-5-4-6-9-19)15-13-23(21,26)20-10-7-11-22(16-20)27-3/h4-11,16,21,26H,12-15,17-18H2,1-3H3. The molecular weight excluding hydrogens is 336 g/mol. The van der Waals surface area contributed by atoms with Crippen LogP contribution in [0.1, 0.15) is 17.5 Å². The zero-order chi connectivity index (χ0) is 19.3. The number of aliphatic hydroxyl groups is 1. The van der Waals surface area contributed by atoms with Crippen LogP contribution in [0.5, 0.6) is 5.75 Å². The van der Waals surface area contributed by atoms with Crippen LogP contribution in [0.2, 0.25) is 0 Å². The zero-order valence-corrected chi connectivity index (χ0v) is 16.8. The molecule has 27 heavy (non-hydrogen) atoms. The van der Waals surface area contributed by atoms with Crippen LogP contribution < -0.4 is 4.74 Å². The van der Waals surface area contributed by atoms with Crippen molar-refractivity contribution in [1.82, 2.24) is 9.80 Å². The zero-order valence-electron chi connectivity index (χ0n) is 16.8. The maximum absolute atomic E-state index is 11.7. The Bertz CT molecular complexity index is 719. The van der Waals surface area contributed by atoms with Gasteiger partial charge >= 0.3 is 0 Å². The minimum Gasteiger partial charge on any atom is -0.497 e. The Morgan fingerprint density at radius 2 is 1.93 bits per heavy atom. The molecule has 0 saturated carbocycles. The molecular formula is C23H32N2O2. The minimum atomic E-state index is -0.817. The number of benzene rings is 2. The van der Waals surface area contributed by atoms with Crippen molar-refractivity contribution < 1.29 is 9.84 Å². The van der Waals surface area contributed by atoms with Crippen LogP contribution >= 0.6 is 0 Å². The molecule has 2 aromatic carbocycles. The van der Waals surface area contributed by atoms with Crippen molar-refractivity contribution in [3.05, 3.63) is 65.7 Å². The van der Waals surface area contributed by atoms with E-state index in [4.69, 9.17) is 4.74 Å². The summed E-state index contributed by atoms with van der Waals surface area (Å²) in [6, 6.07) is 18.6. The molecule has 1 saturated heterocycles. The Kier molecular flexibility index (Phi) is 6.53. The van der Waals surface area contributed by atoms with Gasteiger partial charge in [-0.2, -0.15) is 0 Å². The number of rotatable bonds is 7. The van der Waals surface area contributed by atoms with E-state index in [9.17, 15) is 5.11 Å². The van der Waals surface area contributed by atoms with Gasteiger partial charge < -0.3 is 19.6 Å². The quantitative estimate of drug-likeness (QED) is 0.815. The van der Waals surface area contributed by atoms with Crippen LogP contribution in [0.15, 0.2) is 54.6 Å². The first kappa shape index (κ1) is 19.9. The second-order valence-corrected chi connectivity index (χ2v) is 7.90. The monoisotopic (exact) mass is 368 g/mol. The predicted octanol–water partition coefficient (Wildman–Crippen LogP) is 3.01. The lowest BCUT2D eigenvalue weighted by molar-refractivity contribution is -0.0843. The number of ether oxygens (including phenoxy) is 1. The second kappa shape index (κ2) is 8.87. The fraction of sp³-hybridized carbons (Fsp3) is 0.478. The summed E-state index contributed by atoms with van der Waals surface area (Å²) in [5.74, 6) is 0.958. The Balaban J connectivity index is 1.74. The molecule has 0 spiro atoms. The lowest BCUT2D eigenvalue weighted by atomic mass is 9.75. The summed E-state index contributed by atoms with van der Waals surface area (Å²) in [6.45, 7) is 3.70. The van der Waals surface area contributed by atoms with Gasteiger partial charge in [-0.25, -0.2) is 0 Å². The minimum absolute atomic E-state index is 0.157. The summed E-state index contributed by atoms with van der Waals surface area (Å²) in [5.41, 5.74) is 1.52. The number of likely N-dealkylation sites (tertiary alicyclic amines) is 1. The Hall–Kier alpha value is -1.88. The fourth-order valence-electron chi connectivity index (χ4n) is 4.14. The molecule has 146 valence electrons. The topological polar surface area (TPSA) is 35.9 Å². The Labute approximate surface area is 163 Å². The molecule has 1 heterocycles. The molecule has 2 unspecified atom stereocenters. The molecule has 0 radical (unpaired) electrons. The smallest absolute Gasteiger partial charge is 0.119 e. The highest BCUT2D eigenvalue weighted by atomic mass is 16.5. The van der Waals surface area contributed by atoms with Crippen molar-refractivity contribution in [2.24, 2.45) is 5.92 Å². The third-order valence-corrected chi connectivity index (χ3v) is 5.68. The van der Waals surface area contributed by atoms with Gasteiger partial charge in [0.25, 0.3) is 0 Å². The first-order valence-corrected chi connectivity index (χ1v) is 9.79. The lowest BCUT2D eigenvalue weighted by Crippen LogP contribution is -2.53. The fourth-order valence-corrected chi connectivity index (χ4v) is 4.14. The van der Waals surface area contributed by atoms with Crippen molar-refractivity contribution in [1.29, 1.82) is 0 Å². The molecule has 0 aliphatic carbocycles. The summed E-state index contributed by atoms with van der Waals surface area (Å²) in [6.07, 6.45) is 1.79. The van der Waals surface area contributed by atoms with Gasteiger partial charge in [-0.15, -0.1) is 0 Å². The van der Waals surface area contributed by atoms with Crippen molar-refractivity contribution in [2.45, 2.75) is 18.4 Å². The largest absolute Gasteiger partial charge is 0.497 e. The van der Waals surface area contributed by atoms with E-state index in [1.807, 2.05) is 24.3 Å². The molecule has 0 bridgehead atoms. The molecule has 1 fully saturated rings. The number of piperidine rings is 1. The summed E-state index contributed by atoms with van der Waals surface area (Å²) in [7, 11) is 5.83. The van der Waals surface area contributed by atoms with E-state index in [-0.39, 0.29) is 5.92 Å². The summed E-state index contributed by atoms with van der Waals surface area (Å²) >= 11 is 0. The maximum Gasteiger partial charge on any atom is 0.119 e. The predicted molar refractivity (Wildman–Crippen MR) is 110 cm³/mol. The molecule has 0 amide bonds. The van der Waals surface area contributed by atoms with E-state index in [0.29, 0.717) is 0 Å². The molecule has 2 aromatic rings. The van der Waals surface area contributed by atoms with Gasteiger partial charge in [-0.1, -0.05) is 42.5 Å². The lowest BCUT2D eigenvalue weighted by Gasteiger charge is -2.46. The normalized spacial score (nSPS) is 23.5. The second-order valence-electron chi connectivity index (χ2n) is 7.90. The molecule has 1 N–H and O–H groups in total. The van der Waals surface area contributed by atoms with E-state index in [0.717, 1.165) is 50.3 Å². The van der Waals surface area contributed by atoms with Crippen LogP contribution in [-0.4, -0.2) is 62.3 Å². The Morgan fingerprint density at radius 3 is 2.63 bits per heavy atom. The highest BCUT2D eigenvalue weighted by Crippen LogP contribution is 2.39. The van der Waals surface area contributed by atoms with Gasteiger partial charge in [0.15, 0.2) is 0 Å². The number of nitrogens with zero attached hydrogens (tertiary/aromatic N) is 2. The van der Waals surface area contributed by atoms with Crippen molar-refractivity contribution in [3.63, 3.8) is 0 Å². The average molecular weight is 369 g/mol. The van der Waals surface area contributed by atoms with Crippen LogP contribution in [0.4, 0.5) is 0 Å². The van der Waals surface area contributed by atoms with E-state index < -0.39 is 5.60 Å². The van der Waals surface area contributed by atoms with Crippen molar-refractivity contribution >= 4 is 0 Å². The van der Waals surface area contributed by atoms with Gasteiger partial charge in [-0.3, -0.25) is 0 Å². The molecule has 4 heteroatoms. The highest BCUT2D eigenvalue weighted by Gasteiger charge is 2.43. The van der Waals surface area contributed by atoms with Crippen LogP contribution in [0, 0.1) is 5.92 Å². The van der Waals surface area contributed by atoms with Crippen molar-refractivity contribution in [3.8, 4) is 5.75 Å². The number of hydrogen-bond donors (Lipinski definition) is 1.